The summed E-state index contributed by atoms with van der Waals surface area (Å²) < 4.78 is 33.1. The molecule has 0 saturated heterocycles. The van der Waals surface area contributed by atoms with Crippen molar-refractivity contribution in [3.05, 3.63) is 47.0 Å². The summed E-state index contributed by atoms with van der Waals surface area (Å²) in [4.78, 5) is 12.1. The molecule has 0 bridgehead atoms. The highest BCUT2D eigenvalue weighted by Gasteiger charge is 2.34. The summed E-state index contributed by atoms with van der Waals surface area (Å²) in [5, 5.41) is 28.2. The summed E-state index contributed by atoms with van der Waals surface area (Å²) in [6.07, 6.45) is -1.65. The van der Waals surface area contributed by atoms with Crippen molar-refractivity contribution in [2.24, 2.45) is 0 Å². The second-order valence-corrected chi connectivity index (χ2v) is 4.89. The molecule has 0 amide bonds. The second kappa shape index (κ2) is 4.87. The van der Waals surface area contributed by atoms with Crippen LogP contribution in [0.15, 0.2) is 24.3 Å². The van der Waals surface area contributed by atoms with Gasteiger partial charge in [0.05, 0.1) is 12.0 Å². The molecule has 0 aliphatic carbocycles. The van der Waals surface area contributed by atoms with Crippen LogP contribution in [0.4, 0.5) is 8.78 Å². The number of carbonyl (C=O) groups is 1. The highest BCUT2D eigenvalue weighted by Crippen LogP contribution is 2.42. The van der Waals surface area contributed by atoms with Crippen LogP contribution in [0.2, 0.25) is 0 Å². The van der Waals surface area contributed by atoms with Crippen LogP contribution in [-0.4, -0.2) is 21.1 Å². The lowest BCUT2D eigenvalue weighted by molar-refractivity contribution is 0.0835. The van der Waals surface area contributed by atoms with Crippen molar-refractivity contribution < 1.29 is 33.6 Å². The fraction of sp³-hybridized carbons (Fsp3) is 0.133. The lowest BCUT2D eigenvalue weighted by Crippen LogP contribution is -2.22. The van der Waals surface area contributed by atoms with E-state index >= 15 is 0 Å². The van der Waals surface area contributed by atoms with Crippen LogP contribution in [0.3, 0.4) is 0 Å². The molecule has 0 aromatic heterocycles. The summed E-state index contributed by atoms with van der Waals surface area (Å²) >= 11 is 0. The van der Waals surface area contributed by atoms with E-state index in [9.17, 15) is 23.8 Å². The van der Waals surface area contributed by atoms with Gasteiger partial charge < -0.3 is 20.1 Å². The molecule has 1 heterocycles. The molecule has 3 rings (SSSR count). The fourth-order valence-corrected chi connectivity index (χ4v) is 2.46. The maximum atomic E-state index is 13.9. The first kappa shape index (κ1) is 14.1. The van der Waals surface area contributed by atoms with E-state index in [-0.39, 0.29) is 23.5 Å². The van der Waals surface area contributed by atoms with Crippen molar-refractivity contribution in [2.75, 3.05) is 0 Å². The monoisotopic (exact) mass is 308 g/mol. The Morgan fingerprint density at radius 1 is 1.00 bits per heavy atom. The Hall–Kier alpha value is -2.83. The van der Waals surface area contributed by atoms with Crippen molar-refractivity contribution in [2.45, 2.75) is 12.5 Å². The Morgan fingerprint density at radius 2 is 1.59 bits per heavy atom. The largest absolute Gasteiger partial charge is 0.508 e. The van der Waals surface area contributed by atoms with E-state index in [2.05, 4.69) is 0 Å². The average molecular weight is 308 g/mol. The average Bonchev–Trinajstić information content (AvgIpc) is 2.35. The Bertz CT molecular complexity index is 765. The van der Waals surface area contributed by atoms with Crippen LogP contribution < -0.4 is 4.74 Å². The van der Waals surface area contributed by atoms with Gasteiger partial charge in [0.2, 0.25) is 0 Å². The van der Waals surface area contributed by atoms with E-state index in [0.29, 0.717) is 12.1 Å². The number of hydrogen-bond acceptors (Lipinski definition) is 5. The van der Waals surface area contributed by atoms with Crippen molar-refractivity contribution in [1.29, 1.82) is 0 Å². The highest BCUT2D eigenvalue weighted by atomic mass is 19.1. The van der Waals surface area contributed by atoms with Crippen LogP contribution in [0.5, 0.6) is 23.0 Å². The molecule has 2 aromatic rings. The predicted octanol–water partition coefficient (Wildman–Crippen LogP) is 2.79. The Kier molecular flexibility index (Phi) is 3.13. The standard InChI is InChI=1S/C15H10F2O5/c16-8-1-6(18)2-9(17)14(8)13-5-11(21)15-10(20)3-7(19)4-12(15)22-13/h1-4,13,18-20H,5H2. The summed E-state index contributed by atoms with van der Waals surface area (Å²) in [7, 11) is 0. The molecule has 0 radical (unpaired) electrons. The number of fused-ring (bicyclic) bond motifs is 1. The van der Waals surface area contributed by atoms with Crippen molar-refractivity contribution in [3.8, 4) is 23.0 Å². The van der Waals surface area contributed by atoms with E-state index in [1.807, 2.05) is 0 Å². The van der Waals surface area contributed by atoms with E-state index in [1.54, 1.807) is 0 Å². The first-order chi connectivity index (χ1) is 10.4. The highest BCUT2D eigenvalue weighted by molar-refractivity contribution is 6.02. The molecule has 5 nitrogen and oxygen atoms in total. The van der Waals surface area contributed by atoms with Crippen molar-refractivity contribution >= 4 is 5.78 Å². The lowest BCUT2D eigenvalue weighted by Gasteiger charge is -2.26. The first-order valence-corrected chi connectivity index (χ1v) is 6.30. The van der Waals surface area contributed by atoms with Gasteiger partial charge in [0.15, 0.2) is 5.78 Å². The molecule has 0 spiro atoms. The number of benzene rings is 2. The zero-order valence-electron chi connectivity index (χ0n) is 11.0. The van der Waals surface area contributed by atoms with Gasteiger partial charge in [-0.25, -0.2) is 8.78 Å². The number of ether oxygens (including phenoxy) is 1. The summed E-state index contributed by atoms with van der Waals surface area (Å²) in [5.41, 5.74) is -0.645. The van der Waals surface area contributed by atoms with Gasteiger partial charge in [0, 0.05) is 24.3 Å². The number of carbonyl (C=O) groups excluding carboxylic acids is 1. The molecule has 1 aliphatic rings. The maximum absolute atomic E-state index is 13.9. The fourth-order valence-electron chi connectivity index (χ4n) is 2.46. The van der Waals surface area contributed by atoms with Gasteiger partial charge in [-0.05, 0) is 0 Å². The number of aromatic hydroxyl groups is 3. The molecule has 114 valence electrons. The van der Waals surface area contributed by atoms with Crippen LogP contribution >= 0.6 is 0 Å². The van der Waals surface area contributed by atoms with Gasteiger partial charge in [0.25, 0.3) is 0 Å². The molecule has 2 aromatic carbocycles. The third-order valence-electron chi connectivity index (χ3n) is 3.37. The third-order valence-corrected chi connectivity index (χ3v) is 3.37. The number of phenols is 3. The van der Waals surface area contributed by atoms with Gasteiger partial charge in [-0.15, -0.1) is 0 Å². The van der Waals surface area contributed by atoms with Gasteiger partial charge in [0.1, 0.15) is 46.3 Å². The molecular formula is C15H10F2O5. The number of rotatable bonds is 1. The molecule has 0 saturated carbocycles. The van der Waals surface area contributed by atoms with Crippen molar-refractivity contribution in [1.82, 2.24) is 0 Å². The number of phenolic OH excluding ortho intramolecular Hbond substituents is 3. The quantitative estimate of drug-likeness (QED) is 0.754. The molecule has 1 unspecified atom stereocenters. The maximum Gasteiger partial charge on any atom is 0.174 e. The molecule has 1 atom stereocenters. The van der Waals surface area contributed by atoms with E-state index in [0.717, 1.165) is 12.1 Å². The number of Topliss-reactive ketones (excluding diaryl/α,β-unsaturated/α-hetero) is 1. The van der Waals surface area contributed by atoms with E-state index in [1.165, 1.54) is 0 Å². The number of hydrogen-bond donors (Lipinski definition) is 3. The minimum atomic E-state index is -1.26. The van der Waals surface area contributed by atoms with E-state index < -0.39 is 40.6 Å². The van der Waals surface area contributed by atoms with Crippen LogP contribution in [-0.2, 0) is 0 Å². The lowest BCUT2D eigenvalue weighted by atomic mass is 9.95. The smallest absolute Gasteiger partial charge is 0.174 e. The van der Waals surface area contributed by atoms with Crippen LogP contribution in [0.25, 0.3) is 0 Å². The van der Waals surface area contributed by atoms with Crippen molar-refractivity contribution in [3.63, 3.8) is 0 Å². The van der Waals surface area contributed by atoms with Crippen LogP contribution in [0, 0.1) is 11.6 Å². The molecule has 0 fully saturated rings. The normalized spacial score (nSPS) is 17.0. The number of halogens is 2. The van der Waals surface area contributed by atoms with Gasteiger partial charge in [-0.1, -0.05) is 0 Å². The zero-order valence-corrected chi connectivity index (χ0v) is 11.0. The van der Waals surface area contributed by atoms with Gasteiger partial charge in [-0.3, -0.25) is 4.79 Å². The predicted molar refractivity (Wildman–Crippen MR) is 70.1 cm³/mol. The second-order valence-electron chi connectivity index (χ2n) is 4.89. The number of ketones is 1. The first-order valence-electron chi connectivity index (χ1n) is 6.30. The third kappa shape index (κ3) is 2.20. The van der Waals surface area contributed by atoms with Gasteiger partial charge in [-0.2, -0.15) is 0 Å². The molecule has 3 N–H and O–H groups in total. The molecule has 22 heavy (non-hydrogen) atoms. The topological polar surface area (TPSA) is 87.0 Å². The Morgan fingerprint density at radius 3 is 2.23 bits per heavy atom. The summed E-state index contributed by atoms with van der Waals surface area (Å²) in [6, 6.07) is 3.47. The van der Waals surface area contributed by atoms with Gasteiger partial charge >= 0.3 is 0 Å². The summed E-state index contributed by atoms with van der Waals surface area (Å²) in [6.45, 7) is 0. The minimum Gasteiger partial charge on any atom is -0.508 e. The zero-order chi connectivity index (χ0) is 16.0. The SMILES string of the molecule is O=C1CC(c2c(F)cc(O)cc2F)Oc2cc(O)cc(O)c21. The minimum absolute atomic E-state index is 0.145. The summed E-state index contributed by atoms with van der Waals surface area (Å²) in [5.74, 6) is -4.24. The molecule has 1 aliphatic heterocycles. The molecular weight excluding hydrogens is 298 g/mol. The Labute approximate surface area is 123 Å². The van der Waals surface area contributed by atoms with E-state index in [4.69, 9.17) is 9.84 Å². The Balaban J connectivity index is 2.08. The molecule has 7 heteroatoms. The van der Waals surface area contributed by atoms with Crippen LogP contribution in [0.1, 0.15) is 28.4 Å².